The highest BCUT2D eigenvalue weighted by atomic mass is 16.7. The fourth-order valence-corrected chi connectivity index (χ4v) is 3.78. The molecule has 7 atom stereocenters. The lowest BCUT2D eigenvalue weighted by molar-refractivity contribution is -0.323. The van der Waals surface area contributed by atoms with Gasteiger partial charge in [-0.15, -0.1) is 0 Å². The van der Waals surface area contributed by atoms with E-state index in [0.29, 0.717) is 16.9 Å². The van der Waals surface area contributed by atoms with Crippen LogP contribution in [0.25, 0.3) is 11.0 Å². The van der Waals surface area contributed by atoms with Gasteiger partial charge in [-0.3, -0.25) is 0 Å². The normalized spacial score (nSPS) is 27.1. The summed E-state index contributed by atoms with van der Waals surface area (Å²) in [6, 6.07) is 8.05. The van der Waals surface area contributed by atoms with E-state index in [9.17, 15) is 35.4 Å². The number of aliphatic hydroxyl groups excluding tert-OH is 5. The molecular weight excluding hydrogens is 476 g/mol. The molecule has 11 nitrogen and oxygen atoms in total. The maximum Gasteiger partial charge on any atom is 0.336 e. The Kier molecular flexibility index (Phi) is 9.25. The van der Waals surface area contributed by atoms with E-state index >= 15 is 0 Å². The van der Waals surface area contributed by atoms with Crippen LogP contribution in [0, 0.1) is 0 Å². The van der Waals surface area contributed by atoms with Crippen molar-refractivity contribution >= 4 is 11.0 Å². The Morgan fingerprint density at radius 3 is 2.50 bits per heavy atom. The average Bonchev–Trinajstić information content (AvgIpc) is 2.82. The molecule has 0 spiro atoms. The number of hydrogen-bond acceptors (Lipinski definition) is 11. The van der Waals surface area contributed by atoms with Crippen molar-refractivity contribution in [3.05, 3.63) is 52.4 Å². The van der Waals surface area contributed by atoms with Crippen LogP contribution in [0.1, 0.15) is 27.2 Å². The highest BCUT2D eigenvalue weighted by molar-refractivity contribution is 5.77. The quantitative estimate of drug-likeness (QED) is 0.184. The van der Waals surface area contributed by atoms with E-state index < -0.39 is 60.7 Å². The highest BCUT2D eigenvalue weighted by Crippen LogP contribution is 2.28. The summed E-state index contributed by atoms with van der Waals surface area (Å²) in [4.78, 5) is 11.4. The van der Waals surface area contributed by atoms with Crippen LogP contribution in [0.5, 0.6) is 5.75 Å². The van der Waals surface area contributed by atoms with Crippen LogP contribution in [-0.2, 0) is 9.47 Å². The predicted octanol–water partition coefficient (Wildman–Crippen LogP) is -0.175. The number of hydrogen-bond donors (Lipinski definition) is 6. The van der Waals surface area contributed by atoms with E-state index in [-0.39, 0.29) is 13.0 Å². The fourth-order valence-electron chi connectivity index (χ4n) is 3.78. The second kappa shape index (κ2) is 11.8. The van der Waals surface area contributed by atoms with Crippen molar-refractivity contribution in [1.29, 1.82) is 0 Å². The first-order chi connectivity index (χ1) is 16.9. The zero-order valence-electron chi connectivity index (χ0n) is 20.4. The smallest absolute Gasteiger partial charge is 0.336 e. The molecule has 2 aromatic rings. The summed E-state index contributed by atoms with van der Waals surface area (Å²) < 4.78 is 21.9. The fraction of sp³-hybridized carbons (Fsp3) is 0.560. The molecule has 0 amide bonds. The van der Waals surface area contributed by atoms with Gasteiger partial charge in [-0.05, 0) is 50.6 Å². The molecule has 0 bridgehead atoms. The minimum Gasteiger partial charge on any atom is -0.489 e. The molecule has 3 rings (SSSR count). The molecule has 0 saturated carbocycles. The van der Waals surface area contributed by atoms with Gasteiger partial charge in [0.2, 0.25) is 0 Å². The second-order valence-electron chi connectivity index (χ2n) is 9.44. The molecule has 200 valence electrons. The van der Waals surface area contributed by atoms with Gasteiger partial charge in [0.05, 0.1) is 24.4 Å². The van der Waals surface area contributed by atoms with Crippen LogP contribution in [0.15, 0.2) is 51.2 Å². The summed E-state index contributed by atoms with van der Waals surface area (Å²) in [6.45, 7) is 4.06. The summed E-state index contributed by atoms with van der Waals surface area (Å²) in [5.41, 5.74) is -1.04. The third-order valence-corrected chi connectivity index (χ3v) is 6.15. The lowest BCUT2D eigenvalue weighted by atomic mass is 9.93. The Morgan fingerprint density at radius 1 is 1.14 bits per heavy atom. The van der Waals surface area contributed by atoms with Gasteiger partial charge in [-0.1, -0.05) is 0 Å². The van der Waals surface area contributed by atoms with Crippen LogP contribution < -0.4 is 10.4 Å². The minimum atomic E-state index is -1.64. The predicted molar refractivity (Wildman–Crippen MR) is 127 cm³/mol. The molecule has 1 aliphatic heterocycles. The molecule has 11 heteroatoms. The van der Waals surface area contributed by atoms with Crippen LogP contribution in [0.4, 0.5) is 0 Å². The van der Waals surface area contributed by atoms with Gasteiger partial charge in [0, 0.05) is 23.9 Å². The monoisotopic (exact) mass is 510 g/mol. The Balaban J connectivity index is 1.62. The Morgan fingerprint density at radius 2 is 1.83 bits per heavy atom. The van der Waals surface area contributed by atoms with E-state index in [1.165, 1.54) is 19.9 Å². The summed E-state index contributed by atoms with van der Waals surface area (Å²) in [7, 11) is 0. The maximum absolute atomic E-state index is 11.4. The van der Waals surface area contributed by atoms with Crippen molar-refractivity contribution < 1.29 is 49.3 Å². The number of aliphatic hydroxyl groups is 6. The van der Waals surface area contributed by atoms with Gasteiger partial charge in [0.1, 0.15) is 42.4 Å². The van der Waals surface area contributed by atoms with E-state index in [2.05, 4.69) is 0 Å². The lowest BCUT2D eigenvalue weighted by Crippen LogP contribution is -2.60. The summed E-state index contributed by atoms with van der Waals surface area (Å²) in [5, 5.41) is 61.6. The molecule has 1 aromatic carbocycles. The van der Waals surface area contributed by atoms with Crippen LogP contribution >= 0.6 is 0 Å². The van der Waals surface area contributed by atoms with Crippen LogP contribution in [0.2, 0.25) is 0 Å². The van der Waals surface area contributed by atoms with Crippen molar-refractivity contribution in [1.82, 2.24) is 0 Å². The topological polar surface area (TPSA) is 179 Å². The zero-order chi connectivity index (χ0) is 26.6. The summed E-state index contributed by atoms with van der Waals surface area (Å²) >= 11 is 0. The van der Waals surface area contributed by atoms with Crippen molar-refractivity contribution in [2.24, 2.45) is 0 Å². The molecular formula is C25H34O11. The zero-order valence-corrected chi connectivity index (χ0v) is 20.4. The molecule has 0 radical (unpaired) electrons. The molecule has 7 unspecified atom stereocenters. The Hall–Kier alpha value is -2.35. The van der Waals surface area contributed by atoms with E-state index in [1.807, 2.05) is 0 Å². The molecule has 1 aromatic heterocycles. The van der Waals surface area contributed by atoms with Crippen LogP contribution in [0.3, 0.4) is 0 Å². The molecule has 6 N–H and O–H groups in total. The molecule has 0 aliphatic carbocycles. The third-order valence-electron chi connectivity index (χ3n) is 6.15. The molecule has 1 saturated heterocycles. The largest absolute Gasteiger partial charge is 0.489 e. The first-order valence-corrected chi connectivity index (χ1v) is 11.6. The SMILES string of the molecule is C/C(=C\COc1ccc2ccc(=O)oc2c1)C(O)CC(OC1OC(CO)C(O)C(O)C1O)C(C)(C)O. The second-order valence-corrected chi connectivity index (χ2v) is 9.44. The van der Waals surface area contributed by atoms with Gasteiger partial charge in [-0.2, -0.15) is 0 Å². The average molecular weight is 511 g/mol. The van der Waals surface area contributed by atoms with Crippen molar-refractivity contribution in [3.63, 3.8) is 0 Å². The standard InChI is InChI=1S/C25H34O11/c1-13(8-9-33-15-6-4-14-5-7-20(28)34-17(14)10-15)16(27)11-19(25(2,3)32)36-24-23(31)22(30)21(29)18(12-26)35-24/h4-8,10,16,18-19,21-24,26-27,29-32H,9,11-12H2,1-3H3/b13-8+. The highest BCUT2D eigenvalue weighted by Gasteiger charge is 2.46. The van der Waals surface area contributed by atoms with Gasteiger partial charge < -0.3 is 49.3 Å². The number of fused-ring (bicyclic) bond motifs is 1. The number of benzene rings is 1. The summed E-state index contributed by atoms with van der Waals surface area (Å²) in [6.07, 6.45) is -8.00. The molecule has 36 heavy (non-hydrogen) atoms. The molecule has 2 heterocycles. The number of rotatable bonds is 10. The van der Waals surface area contributed by atoms with E-state index in [0.717, 1.165) is 5.39 Å². The first-order valence-electron chi connectivity index (χ1n) is 11.6. The van der Waals surface area contributed by atoms with E-state index in [4.69, 9.17) is 18.6 Å². The number of ether oxygens (including phenoxy) is 3. The molecule has 1 aliphatic rings. The van der Waals surface area contributed by atoms with Gasteiger partial charge in [0.15, 0.2) is 6.29 Å². The van der Waals surface area contributed by atoms with Crippen molar-refractivity contribution in [3.8, 4) is 5.75 Å². The maximum atomic E-state index is 11.4. The minimum absolute atomic E-state index is 0.0953. The Labute approximate surface area is 207 Å². The summed E-state index contributed by atoms with van der Waals surface area (Å²) in [5.74, 6) is 0.468. The lowest BCUT2D eigenvalue weighted by Gasteiger charge is -2.42. The first kappa shape index (κ1) is 28.2. The van der Waals surface area contributed by atoms with Crippen molar-refractivity contribution in [2.75, 3.05) is 13.2 Å². The van der Waals surface area contributed by atoms with Crippen molar-refractivity contribution in [2.45, 2.75) is 75.7 Å². The molecule has 1 fully saturated rings. The van der Waals surface area contributed by atoms with Gasteiger partial charge in [0.25, 0.3) is 0 Å². The third kappa shape index (κ3) is 6.90. The van der Waals surface area contributed by atoms with Gasteiger partial charge in [-0.25, -0.2) is 4.79 Å². The van der Waals surface area contributed by atoms with Crippen LogP contribution in [-0.4, -0.2) is 92.4 Å². The van der Waals surface area contributed by atoms with Gasteiger partial charge >= 0.3 is 5.63 Å². The Bertz CT molecular complexity index is 1090. The van der Waals surface area contributed by atoms with E-state index in [1.54, 1.807) is 37.3 Å².